The van der Waals surface area contributed by atoms with Crippen molar-refractivity contribution in [3.8, 4) is 44.5 Å². The molecule has 0 aliphatic heterocycles. The highest BCUT2D eigenvalue weighted by Gasteiger charge is 2.49. The molecule has 2 aliphatic carbocycles. The Morgan fingerprint density at radius 3 is 0.941 bits per heavy atom. The lowest BCUT2D eigenvalue weighted by molar-refractivity contribution is 0.767. The molecule has 10 aromatic carbocycles. The molecular formula is C64H40N2O2. The SMILES string of the molecule is O=c1c2cc3c(cc2n2c4cc5c(cc4c(=O)n12)-c1c(-c2ccccc2)cccc1C5(c1ccccc1)c1ccccc1)C(c1ccccc1)(c1ccccc1)c1cccc(-c2ccccc2)c1-3. The fourth-order valence-electron chi connectivity index (χ4n) is 12.4. The van der Waals surface area contributed by atoms with Crippen LogP contribution in [0.15, 0.2) is 252 Å². The highest BCUT2D eigenvalue weighted by atomic mass is 16.2. The van der Waals surface area contributed by atoms with Crippen molar-refractivity contribution in [2.45, 2.75) is 10.8 Å². The van der Waals surface area contributed by atoms with Crippen LogP contribution in [-0.4, -0.2) is 9.03 Å². The van der Waals surface area contributed by atoms with E-state index in [-0.39, 0.29) is 11.1 Å². The van der Waals surface area contributed by atoms with Crippen molar-refractivity contribution in [1.82, 2.24) is 9.03 Å². The maximum atomic E-state index is 15.2. The minimum atomic E-state index is -0.751. The molecule has 2 aromatic heterocycles. The molecule has 0 unspecified atom stereocenters. The Morgan fingerprint density at radius 1 is 0.279 bits per heavy atom. The molecule has 0 amide bonds. The molecule has 68 heavy (non-hydrogen) atoms. The van der Waals surface area contributed by atoms with Crippen LogP contribution in [0, 0.1) is 0 Å². The minimum absolute atomic E-state index is 0.331. The van der Waals surface area contributed by atoms with Gasteiger partial charge in [-0.1, -0.05) is 218 Å². The molecule has 0 fully saturated rings. The summed E-state index contributed by atoms with van der Waals surface area (Å²) in [7, 11) is 0. The normalized spacial score (nSPS) is 13.9. The number of hydrogen-bond acceptors (Lipinski definition) is 2. The molecule has 14 rings (SSSR count). The molecule has 2 aliphatic rings. The van der Waals surface area contributed by atoms with Gasteiger partial charge in [-0.15, -0.1) is 0 Å². The Bertz CT molecular complexity index is 3740. The van der Waals surface area contributed by atoms with E-state index in [0.717, 1.165) is 89.0 Å². The minimum Gasteiger partial charge on any atom is -0.267 e. The van der Waals surface area contributed by atoms with Crippen LogP contribution in [0.2, 0.25) is 0 Å². The summed E-state index contributed by atoms with van der Waals surface area (Å²) in [6.45, 7) is 0. The van der Waals surface area contributed by atoms with Crippen LogP contribution in [0.25, 0.3) is 66.3 Å². The van der Waals surface area contributed by atoms with E-state index in [0.29, 0.717) is 21.8 Å². The number of rotatable bonds is 6. The molecule has 12 aromatic rings. The van der Waals surface area contributed by atoms with Gasteiger partial charge in [0.1, 0.15) is 0 Å². The number of hydrogen-bond donors (Lipinski definition) is 0. The van der Waals surface area contributed by atoms with E-state index >= 15 is 9.59 Å². The Kier molecular flexibility index (Phi) is 8.09. The third kappa shape index (κ3) is 4.93. The second-order valence-electron chi connectivity index (χ2n) is 18.2. The summed E-state index contributed by atoms with van der Waals surface area (Å²) in [4.78, 5) is 30.5. The molecule has 2 heterocycles. The van der Waals surface area contributed by atoms with Crippen LogP contribution in [0.5, 0.6) is 0 Å². The van der Waals surface area contributed by atoms with Gasteiger partial charge < -0.3 is 0 Å². The van der Waals surface area contributed by atoms with Gasteiger partial charge in [-0.3, -0.25) is 9.59 Å². The average molecular weight is 869 g/mol. The van der Waals surface area contributed by atoms with Crippen LogP contribution < -0.4 is 11.1 Å². The predicted octanol–water partition coefficient (Wildman–Crippen LogP) is 13.6. The van der Waals surface area contributed by atoms with Crippen molar-refractivity contribution in [3.05, 3.63) is 308 Å². The van der Waals surface area contributed by atoms with Gasteiger partial charge in [0.15, 0.2) is 0 Å². The van der Waals surface area contributed by atoms with Gasteiger partial charge in [-0.25, -0.2) is 4.52 Å². The summed E-state index contributed by atoms with van der Waals surface area (Å²) >= 11 is 0. The first-order valence-corrected chi connectivity index (χ1v) is 23.3. The zero-order valence-electron chi connectivity index (χ0n) is 36.8. The fourth-order valence-corrected chi connectivity index (χ4v) is 12.4. The number of benzene rings is 10. The monoisotopic (exact) mass is 868 g/mol. The van der Waals surface area contributed by atoms with Gasteiger partial charge in [-0.05, 0) is 113 Å². The summed E-state index contributed by atoms with van der Waals surface area (Å²) in [5.74, 6) is 0. The predicted molar refractivity (Wildman–Crippen MR) is 275 cm³/mol. The fraction of sp³-hybridized carbons (Fsp3) is 0.0312. The lowest BCUT2D eigenvalue weighted by atomic mass is 9.67. The van der Waals surface area contributed by atoms with Crippen molar-refractivity contribution < 1.29 is 0 Å². The van der Waals surface area contributed by atoms with Gasteiger partial charge in [0.05, 0.1) is 32.6 Å². The molecule has 0 saturated carbocycles. The zero-order chi connectivity index (χ0) is 45.1. The smallest absolute Gasteiger partial charge is 0.267 e. The first kappa shape index (κ1) is 38.4. The lowest BCUT2D eigenvalue weighted by Gasteiger charge is -2.34. The highest BCUT2D eigenvalue weighted by molar-refractivity contribution is 6.03. The second-order valence-corrected chi connectivity index (χ2v) is 18.2. The Hall–Kier alpha value is -8.86. The van der Waals surface area contributed by atoms with Crippen molar-refractivity contribution in [2.24, 2.45) is 0 Å². The van der Waals surface area contributed by atoms with Crippen LogP contribution in [0.3, 0.4) is 0 Å². The number of fused-ring (bicyclic) bond motifs is 11. The lowest BCUT2D eigenvalue weighted by Crippen LogP contribution is -2.28. The summed E-state index contributed by atoms with van der Waals surface area (Å²) < 4.78 is 3.30. The Labute approximate surface area is 392 Å². The van der Waals surface area contributed by atoms with Crippen LogP contribution in [-0.2, 0) is 10.8 Å². The first-order chi connectivity index (χ1) is 33.6. The molecule has 0 spiro atoms. The zero-order valence-corrected chi connectivity index (χ0v) is 36.8. The van der Waals surface area contributed by atoms with Gasteiger partial charge in [0.25, 0.3) is 11.1 Å². The summed E-state index contributed by atoms with van der Waals surface area (Å²) in [6, 6.07) is 85.7. The maximum Gasteiger partial charge on any atom is 0.282 e. The molecule has 0 atom stereocenters. The molecule has 318 valence electrons. The van der Waals surface area contributed by atoms with Crippen LogP contribution in [0.1, 0.15) is 44.5 Å². The molecule has 0 saturated heterocycles. The van der Waals surface area contributed by atoms with E-state index in [1.165, 1.54) is 4.52 Å². The van der Waals surface area contributed by atoms with E-state index in [1.807, 2.05) is 16.6 Å². The van der Waals surface area contributed by atoms with Crippen LogP contribution >= 0.6 is 0 Å². The van der Waals surface area contributed by atoms with E-state index in [9.17, 15) is 0 Å². The van der Waals surface area contributed by atoms with Crippen LogP contribution in [0.4, 0.5) is 0 Å². The first-order valence-electron chi connectivity index (χ1n) is 23.3. The standard InChI is InChI=1S/C64H40N2O2/c67-61-51-37-49-55(63(43-25-11-3-12-26-43,44-27-13-4-14-28-44)53-35-19-33-47(59(49)53)41-21-7-1-8-22-41)39-57(51)65-58-40-56-50(38-52(58)62(68)66(61)65)60-48(42-23-9-2-10-24-42)34-20-36-54(60)64(56,45-29-15-5-16-30-45)46-31-17-6-18-32-46/h1-40H. The second kappa shape index (κ2) is 14.3. The Balaban J connectivity index is 1.14. The molecular weight excluding hydrogens is 829 g/mol. The third-order valence-electron chi connectivity index (χ3n) is 15.1. The van der Waals surface area contributed by atoms with Crippen molar-refractivity contribution in [2.75, 3.05) is 0 Å². The number of nitrogens with zero attached hydrogens (tertiary/aromatic N) is 2. The van der Waals surface area contributed by atoms with E-state index in [4.69, 9.17) is 0 Å². The molecule has 0 radical (unpaired) electrons. The van der Waals surface area contributed by atoms with Gasteiger partial charge in [0.2, 0.25) is 0 Å². The Morgan fingerprint density at radius 2 is 0.603 bits per heavy atom. The average Bonchev–Trinajstić information content (AvgIpc) is 4.08. The van der Waals surface area contributed by atoms with Gasteiger partial charge in [-0.2, -0.15) is 4.52 Å². The largest absolute Gasteiger partial charge is 0.282 e. The van der Waals surface area contributed by atoms with Crippen molar-refractivity contribution >= 4 is 21.8 Å². The maximum absolute atomic E-state index is 15.2. The van der Waals surface area contributed by atoms with E-state index < -0.39 is 10.8 Å². The topological polar surface area (TPSA) is 43.0 Å². The summed E-state index contributed by atoms with van der Waals surface area (Å²) in [5.41, 5.74) is 16.7. The van der Waals surface area contributed by atoms with Crippen molar-refractivity contribution in [3.63, 3.8) is 0 Å². The van der Waals surface area contributed by atoms with E-state index in [1.54, 1.807) is 0 Å². The van der Waals surface area contributed by atoms with Crippen molar-refractivity contribution in [1.29, 1.82) is 0 Å². The molecule has 4 heteroatoms. The van der Waals surface area contributed by atoms with E-state index in [2.05, 4.69) is 231 Å². The quantitative estimate of drug-likeness (QED) is 0.167. The number of aromatic nitrogens is 2. The molecule has 4 nitrogen and oxygen atoms in total. The third-order valence-corrected chi connectivity index (χ3v) is 15.1. The summed E-state index contributed by atoms with van der Waals surface area (Å²) in [6.07, 6.45) is 0. The van der Waals surface area contributed by atoms with Gasteiger partial charge >= 0.3 is 0 Å². The molecule has 0 N–H and O–H groups in total. The molecule has 0 bridgehead atoms. The van der Waals surface area contributed by atoms with Gasteiger partial charge in [0, 0.05) is 0 Å². The summed E-state index contributed by atoms with van der Waals surface area (Å²) in [5, 5.41) is 1.00. The highest BCUT2D eigenvalue weighted by Crippen LogP contribution is 2.61.